The minimum atomic E-state index is 0.604. The predicted octanol–water partition coefficient (Wildman–Crippen LogP) is 4.20. The van der Waals surface area contributed by atoms with E-state index in [0.29, 0.717) is 6.61 Å². The minimum absolute atomic E-state index is 0.604. The Morgan fingerprint density at radius 2 is 2.07 bits per heavy atom. The molecule has 0 spiro atoms. The van der Waals surface area contributed by atoms with Crippen molar-refractivity contribution in [2.75, 3.05) is 44.9 Å². The Balaban J connectivity index is 1.39. The predicted molar refractivity (Wildman–Crippen MR) is 118 cm³/mol. The fraction of sp³-hybridized carbons (Fsp3) is 0.421. The molecule has 1 aliphatic rings. The number of morpholine rings is 1. The lowest BCUT2D eigenvalue weighted by Crippen LogP contribution is -2.36. The molecule has 0 amide bonds. The maximum absolute atomic E-state index is 5.59. The van der Waals surface area contributed by atoms with Crippen LogP contribution in [-0.2, 0) is 10.5 Å². The molecule has 0 bridgehead atoms. The van der Waals surface area contributed by atoms with Crippen molar-refractivity contribution >= 4 is 39.6 Å². The summed E-state index contributed by atoms with van der Waals surface area (Å²) >= 11 is 4.93. The molecule has 1 saturated heterocycles. The molecule has 0 aliphatic carbocycles. The summed E-state index contributed by atoms with van der Waals surface area (Å²) in [6, 6.07) is 5.92. The van der Waals surface area contributed by atoms with Gasteiger partial charge in [0, 0.05) is 29.8 Å². The summed E-state index contributed by atoms with van der Waals surface area (Å²) in [5.74, 6) is 2.24. The van der Waals surface area contributed by atoms with E-state index in [4.69, 9.17) is 19.2 Å². The molecule has 0 N–H and O–H groups in total. The number of methoxy groups -OCH3 is 1. The van der Waals surface area contributed by atoms with Crippen LogP contribution in [0, 0.1) is 0 Å². The Bertz CT molecular complexity index is 940. The number of thioether (sulfide) groups is 1. The molecule has 3 heterocycles. The molecule has 154 valence electrons. The van der Waals surface area contributed by atoms with Gasteiger partial charge >= 0.3 is 0 Å². The van der Waals surface area contributed by atoms with Gasteiger partial charge in [-0.3, -0.25) is 0 Å². The van der Waals surface area contributed by atoms with Gasteiger partial charge in [-0.05, 0) is 25.1 Å². The number of thiazole rings is 1. The van der Waals surface area contributed by atoms with Gasteiger partial charge in [-0.25, -0.2) is 4.98 Å². The third kappa shape index (κ3) is 5.00. The number of benzene rings is 1. The fourth-order valence-electron chi connectivity index (χ4n) is 2.86. The Morgan fingerprint density at radius 1 is 1.21 bits per heavy atom. The van der Waals surface area contributed by atoms with E-state index in [1.165, 1.54) is 0 Å². The highest BCUT2D eigenvalue weighted by Crippen LogP contribution is 2.35. The molecule has 10 heteroatoms. The number of anilines is 1. The smallest absolute Gasteiger partial charge is 0.209 e. The zero-order valence-corrected chi connectivity index (χ0v) is 18.7. The molecule has 1 aliphatic heterocycles. The lowest BCUT2D eigenvalue weighted by Gasteiger charge is -2.25. The summed E-state index contributed by atoms with van der Waals surface area (Å²) in [5.41, 5.74) is 2.06. The summed E-state index contributed by atoms with van der Waals surface area (Å²) < 4.78 is 17.4. The van der Waals surface area contributed by atoms with Gasteiger partial charge in [0.1, 0.15) is 5.01 Å². The fourth-order valence-corrected chi connectivity index (χ4v) is 5.57. The molecule has 1 aromatic carbocycles. The van der Waals surface area contributed by atoms with Gasteiger partial charge in [-0.1, -0.05) is 23.1 Å². The van der Waals surface area contributed by atoms with E-state index in [0.717, 1.165) is 69.3 Å². The summed E-state index contributed by atoms with van der Waals surface area (Å²) in [5, 5.41) is 12.7. The molecular formula is C19H22N4O3S3. The Hall–Kier alpha value is -1.88. The maximum Gasteiger partial charge on any atom is 0.209 e. The molecule has 1 fully saturated rings. The van der Waals surface area contributed by atoms with Crippen molar-refractivity contribution in [3.05, 3.63) is 29.3 Å². The Morgan fingerprint density at radius 3 is 2.86 bits per heavy atom. The molecule has 0 radical (unpaired) electrons. The number of aromatic nitrogens is 3. The topological polar surface area (TPSA) is 69.6 Å². The second-order valence-electron chi connectivity index (χ2n) is 6.18. The standard InChI is InChI=1S/C19H22N4O3S3/c1-3-26-15-5-4-13(10-16(15)24-2)17-20-14(11-27-17)12-28-19-22-21-18(29-19)23-6-8-25-9-7-23/h4-5,10-11H,3,6-9,12H2,1-2H3. The van der Waals surface area contributed by atoms with Crippen LogP contribution >= 0.6 is 34.4 Å². The second kappa shape index (κ2) is 9.75. The van der Waals surface area contributed by atoms with E-state index < -0.39 is 0 Å². The molecular weight excluding hydrogens is 428 g/mol. The van der Waals surface area contributed by atoms with Crippen LogP contribution in [0.5, 0.6) is 11.5 Å². The van der Waals surface area contributed by atoms with Crippen LogP contribution in [0.1, 0.15) is 12.6 Å². The third-order valence-corrected chi connectivity index (χ3v) is 7.37. The third-order valence-electron chi connectivity index (χ3n) is 4.28. The van der Waals surface area contributed by atoms with E-state index in [1.54, 1.807) is 41.5 Å². The van der Waals surface area contributed by atoms with Crippen LogP contribution in [0.3, 0.4) is 0 Å². The zero-order valence-electron chi connectivity index (χ0n) is 16.3. The molecule has 4 rings (SSSR count). The SMILES string of the molecule is CCOc1ccc(-c2nc(CSc3nnc(N4CCOCC4)s3)cs2)cc1OC. The lowest BCUT2D eigenvalue weighted by atomic mass is 10.2. The van der Waals surface area contributed by atoms with Crippen LogP contribution in [0.25, 0.3) is 10.6 Å². The van der Waals surface area contributed by atoms with Gasteiger partial charge in [0.2, 0.25) is 5.13 Å². The molecule has 0 unspecified atom stereocenters. The van der Waals surface area contributed by atoms with E-state index in [9.17, 15) is 0 Å². The lowest BCUT2D eigenvalue weighted by molar-refractivity contribution is 0.122. The quantitative estimate of drug-likeness (QED) is 0.473. The Kier molecular flexibility index (Phi) is 6.86. The van der Waals surface area contributed by atoms with Crippen molar-refractivity contribution in [1.82, 2.24) is 15.2 Å². The van der Waals surface area contributed by atoms with Gasteiger partial charge in [0.15, 0.2) is 15.8 Å². The van der Waals surface area contributed by atoms with Crippen LogP contribution in [0.2, 0.25) is 0 Å². The number of ether oxygens (including phenoxy) is 3. The highest BCUT2D eigenvalue weighted by Gasteiger charge is 2.16. The highest BCUT2D eigenvalue weighted by atomic mass is 32.2. The van der Waals surface area contributed by atoms with Crippen molar-refractivity contribution in [2.45, 2.75) is 17.0 Å². The largest absolute Gasteiger partial charge is 0.493 e. The first-order chi connectivity index (χ1) is 14.3. The van der Waals surface area contributed by atoms with Gasteiger partial charge in [-0.15, -0.1) is 21.5 Å². The van der Waals surface area contributed by atoms with Crippen LogP contribution in [-0.4, -0.2) is 55.2 Å². The minimum Gasteiger partial charge on any atom is -0.493 e. The molecule has 7 nitrogen and oxygen atoms in total. The summed E-state index contributed by atoms with van der Waals surface area (Å²) in [6.07, 6.45) is 0. The van der Waals surface area contributed by atoms with Gasteiger partial charge in [-0.2, -0.15) is 0 Å². The van der Waals surface area contributed by atoms with E-state index in [-0.39, 0.29) is 0 Å². The number of nitrogens with zero attached hydrogens (tertiary/aromatic N) is 4. The molecule has 0 saturated carbocycles. The first-order valence-corrected chi connectivity index (χ1v) is 12.0. The molecule has 2 aromatic heterocycles. The Labute approximate surface area is 182 Å². The van der Waals surface area contributed by atoms with E-state index >= 15 is 0 Å². The van der Waals surface area contributed by atoms with Crippen molar-refractivity contribution in [1.29, 1.82) is 0 Å². The highest BCUT2D eigenvalue weighted by molar-refractivity contribution is 8.00. The molecule has 29 heavy (non-hydrogen) atoms. The normalized spacial score (nSPS) is 14.2. The number of hydrogen-bond donors (Lipinski definition) is 0. The summed E-state index contributed by atoms with van der Waals surface area (Å²) in [4.78, 5) is 7.00. The monoisotopic (exact) mass is 450 g/mol. The molecule has 3 aromatic rings. The average Bonchev–Trinajstić information content (AvgIpc) is 3.43. The number of hydrogen-bond acceptors (Lipinski definition) is 10. The maximum atomic E-state index is 5.59. The van der Waals surface area contributed by atoms with Crippen LogP contribution in [0.15, 0.2) is 27.9 Å². The first kappa shape index (κ1) is 20.4. The van der Waals surface area contributed by atoms with E-state index in [2.05, 4.69) is 20.5 Å². The molecule has 0 atom stereocenters. The van der Waals surface area contributed by atoms with Crippen LogP contribution in [0.4, 0.5) is 5.13 Å². The van der Waals surface area contributed by atoms with Crippen molar-refractivity contribution in [3.8, 4) is 22.1 Å². The van der Waals surface area contributed by atoms with Crippen molar-refractivity contribution < 1.29 is 14.2 Å². The number of rotatable bonds is 8. The summed E-state index contributed by atoms with van der Waals surface area (Å²) in [6.45, 7) is 5.81. The van der Waals surface area contributed by atoms with Crippen molar-refractivity contribution in [2.24, 2.45) is 0 Å². The average molecular weight is 451 g/mol. The summed E-state index contributed by atoms with van der Waals surface area (Å²) in [7, 11) is 1.65. The van der Waals surface area contributed by atoms with Gasteiger partial charge < -0.3 is 19.1 Å². The van der Waals surface area contributed by atoms with Gasteiger partial charge in [0.25, 0.3) is 0 Å². The van der Waals surface area contributed by atoms with E-state index in [1.807, 2.05) is 25.1 Å². The first-order valence-electron chi connectivity index (χ1n) is 9.31. The van der Waals surface area contributed by atoms with Crippen molar-refractivity contribution in [3.63, 3.8) is 0 Å². The zero-order chi connectivity index (χ0) is 20.1. The van der Waals surface area contributed by atoms with Crippen LogP contribution < -0.4 is 14.4 Å². The second-order valence-corrected chi connectivity index (χ2v) is 9.22. The van der Waals surface area contributed by atoms with Gasteiger partial charge in [0.05, 0.1) is 32.6 Å².